The molecule has 0 spiro atoms. The number of aromatic amines is 1. The smallest absolute Gasteiger partial charge is 0.124 e. The minimum Gasteiger partial charge on any atom is -0.341 e. The van der Waals surface area contributed by atoms with Gasteiger partial charge in [0.1, 0.15) is 5.82 Å². The molecule has 3 aromatic rings. The van der Waals surface area contributed by atoms with Crippen LogP contribution in [0.25, 0.3) is 11.0 Å². The molecular formula is C16H21N5. The molecule has 3 rings (SSSR count). The van der Waals surface area contributed by atoms with E-state index in [2.05, 4.69) is 44.7 Å². The van der Waals surface area contributed by atoms with Crippen molar-refractivity contribution in [2.75, 3.05) is 0 Å². The Hall–Kier alpha value is -2.14. The normalized spacial score (nSPS) is 12.9. The molecule has 2 N–H and O–H groups in total. The second kappa shape index (κ2) is 6.10. The van der Waals surface area contributed by atoms with Gasteiger partial charge in [0.25, 0.3) is 0 Å². The zero-order valence-corrected chi connectivity index (χ0v) is 12.5. The third-order valence-electron chi connectivity index (χ3n) is 3.67. The van der Waals surface area contributed by atoms with Crippen molar-refractivity contribution in [3.8, 4) is 0 Å². The molecule has 0 fully saturated rings. The molecule has 0 aliphatic rings. The molecule has 21 heavy (non-hydrogen) atoms. The standard InChI is InChI=1S/C16H21N5/c1-3-8-21-11-17-9-13(21)10-18-12(2)16-19-14-6-4-5-7-15(14)20-16/h4-7,9,11-12,18H,3,8,10H2,1-2H3,(H,19,20). The van der Waals surface area contributed by atoms with E-state index in [0.717, 1.165) is 36.4 Å². The van der Waals surface area contributed by atoms with Crippen LogP contribution in [0, 0.1) is 0 Å². The van der Waals surface area contributed by atoms with Crippen molar-refractivity contribution in [3.63, 3.8) is 0 Å². The molecule has 1 unspecified atom stereocenters. The summed E-state index contributed by atoms with van der Waals surface area (Å²) in [6.07, 6.45) is 4.93. The third-order valence-corrected chi connectivity index (χ3v) is 3.67. The highest BCUT2D eigenvalue weighted by molar-refractivity contribution is 5.74. The molecule has 2 aromatic heterocycles. The fourth-order valence-corrected chi connectivity index (χ4v) is 2.47. The van der Waals surface area contributed by atoms with Crippen LogP contribution in [0.2, 0.25) is 0 Å². The van der Waals surface area contributed by atoms with E-state index in [4.69, 9.17) is 0 Å². The summed E-state index contributed by atoms with van der Waals surface area (Å²) >= 11 is 0. The summed E-state index contributed by atoms with van der Waals surface area (Å²) in [6, 6.07) is 8.27. The minimum atomic E-state index is 0.169. The molecule has 0 saturated carbocycles. The number of para-hydroxylation sites is 2. The number of fused-ring (bicyclic) bond motifs is 1. The van der Waals surface area contributed by atoms with Crippen molar-refractivity contribution in [2.45, 2.75) is 39.4 Å². The monoisotopic (exact) mass is 283 g/mol. The molecule has 5 nitrogen and oxygen atoms in total. The van der Waals surface area contributed by atoms with Gasteiger partial charge in [-0.1, -0.05) is 19.1 Å². The van der Waals surface area contributed by atoms with E-state index in [9.17, 15) is 0 Å². The Kier molecular flexibility index (Phi) is 4.01. The number of nitrogens with one attached hydrogen (secondary N) is 2. The Labute approximate surface area is 124 Å². The van der Waals surface area contributed by atoms with E-state index in [0.29, 0.717) is 0 Å². The maximum atomic E-state index is 4.63. The minimum absolute atomic E-state index is 0.169. The second-order valence-electron chi connectivity index (χ2n) is 5.32. The summed E-state index contributed by atoms with van der Waals surface area (Å²) in [5, 5.41) is 3.51. The van der Waals surface area contributed by atoms with Gasteiger partial charge in [0.2, 0.25) is 0 Å². The van der Waals surface area contributed by atoms with Crippen molar-refractivity contribution in [2.24, 2.45) is 0 Å². The zero-order valence-electron chi connectivity index (χ0n) is 12.5. The van der Waals surface area contributed by atoms with Gasteiger partial charge in [0, 0.05) is 19.3 Å². The van der Waals surface area contributed by atoms with Gasteiger partial charge in [-0.25, -0.2) is 9.97 Å². The van der Waals surface area contributed by atoms with Crippen molar-refractivity contribution >= 4 is 11.0 Å². The van der Waals surface area contributed by atoms with E-state index in [1.165, 1.54) is 5.69 Å². The third kappa shape index (κ3) is 2.97. The Bertz CT molecular complexity index is 679. The van der Waals surface area contributed by atoms with E-state index < -0.39 is 0 Å². The van der Waals surface area contributed by atoms with Gasteiger partial charge < -0.3 is 14.9 Å². The van der Waals surface area contributed by atoms with E-state index in [1.54, 1.807) is 0 Å². The lowest BCUT2D eigenvalue weighted by Crippen LogP contribution is -2.21. The van der Waals surface area contributed by atoms with Gasteiger partial charge in [-0.15, -0.1) is 0 Å². The van der Waals surface area contributed by atoms with Gasteiger partial charge in [0.15, 0.2) is 0 Å². The highest BCUT2D eigenvalue weighted by atomic mass is 15.1. The number of imidazole rings is 2. The molecule has 110 valence electrons. The summed E-state index contributed by atoms with van der Waals surface area (Å²) in [5.41, 5.74) is 3.30. The number of rotatable bonds is 6. The van der Waals surface area contributed by atoms with E-state index in [-0.39, 0.29) is 6.04 Å². The van der Waals surface area contributed by atoms with Gasteiger partial charge in [-0.3, -0.25) is 0 Å². The molecule has 5 heteroatoms. The van der Waals surface area contributed by atoms with Gasteiger partial charge in [0.05, 0.1) is 29.1 Å². The van der Waals surface area contributed by atoms with Crippen LogP contribution in [0.15, 0.2) is 36.8 Å². The van der Waals surface area contributed by atoms with Crippen LogP contribution in [0.5, 0.6) is 0 Å². The first kappa shape index (κ1) is 13.8. The molecule has 1 atom stereocenters. The Balaban J connectivity index is 1.68. The van der Waals surface area contributed by atoms with Crippen molar-refractivity contribution in [3.05, 3.63) is 48.3 Å². The SMILES string of the molecule is CCCn1cncc1CNC(C)c1nc2ccccc2[nH]1. The zero-order chi connectivity index (χ0) is 14.7. The molecule has 1 aromatic carbocycles. The van der Waals surface area contributed by atoms with Crippen LogP contribution < -0.4 is 5.32 Å². The number of aromatic nitrogens is 4. The fraction of sp³-hybridized carbons (Fsp3) is 0.375. The highest BCUT2D eigenvalue weighted by Crippen LogP contribution is 2.16. The van der Waals surface area contributed by atoms with Crippen LogP contribution in [0.4, 0.5) is 0 Å². The quantitative estimate of drug-likeness (QED) is 0.731. The maximum absolute atomic E-state index is 4.63. The summed E-state index contributed by atoms with van der Waals surface area (Å²) in [4.78, 5) is 12.2. The first-order valence-electron chi connectivity index (χ1n) is 7.45. The Morgan fingerprint density at radius 1 is 1.33 bits per heavy atom. The molecule has 0 aliphatic heterocycles. The Morgan fingerprint density at radius 2 is 2.19 bits per heavy atom. The first-order valence-corrected chi connectivity index (χ1v) is 7.45. The largest absolute Gasteiger partial charge is 0.341 e. The second-order valence-corrected chi connectivity index (χ2v) is 5.32. The fourth-order valence-electron chi connectivity index (χ4n) is 2.47. The lowest BCUT2D eigenvalue weighted by Gasteiger charge is -2.12. The average molecular weight is 283 g/mol. The number of aryl methyl sites for hydroxylation is 1. The topological polar surface area (TPSA) is 58.5 Å². The number of benzene rings is 1. The number of hydrogen-bond acceptors (Lipinski definition) is 3. The van der Waals surface area contributed by atoms with Crippen molar-refractivity contribution in [1.82, 2.24) is 24.8 Å². The van der Waals surface area contributed by atoms with Gasteiger partial charge >= 0.3 is 0 Å². The molecule has 0 aliphatic carbocycles. The highest BCUT2D eigenvalue weighted by Gasteiger charge is 2.11. The summed E-state index contributed by atoms with van der Waals surface area (Å²) in [6.45, 7) is 6.10. The van der Waals surface area contributed by atoms with Crippen LogP contribution in [0.1, 0.15) is 37.8 Å². The van der Waals surface area contributed by atoms with Crippen LogP contribution in [-0.4, -0.2) is 19.5 Å². The molecule has 0 amide bonds. The predicted molar refractivity (Wildman–Crippen MR) is 83.9 cm³/mol. The molecule has 2 heterocycles. The first-order chi connectivity index (χ1) is 10.3. The van der Waals surface area contributed by atoms with Gasteiger partial charge in [-0.2, -0.15) is 0 Å². The lowest BCUT2D eigenvalue weighted by atomic mass is 10.3. The number of H-pyrrole nitrogens is 1. The summed E-state index contributed by atoms with van der Waals surface area (Å²) in [7, 11) is 0. The average Bonchev–Trinajstić information content (AvgIpc) is 3.11. The Morgan fingerprint density at radius 3 is 3.00 bits per heavy atom. The number of nitrogens with zero attached hydrogens (tertiary/aromatic N) is 3. The maximum Gasteiger partial charge on any atom is 0.124 e. The van der Waals surface area contributed by atoms with E-state index in [1.807, 2.05) is 30.7 Å². The molecular weight excluding hydrogens is 262 g/mol. The molecule has 0 saturated heterocycles. The van der Waals surface area contributed by atoms with Crippen LogP contribution >= 0.6 is 0 Å². The van der Waals surface area contributed by atoms with E-state index >= 15 is 0 Å². The molecule has 0 bridgehead atoms. The molecule has 0 radical (unpaired) electrons. The van der Waals surface area contributed by atoms with Crippen molar-refractivity contribution in [1.29, 1.82) is 0 Å². The number of hydrogen-bond donors (Lipinski definition) is 2. The van der Waals surface area contributed by atoms with Crippen molar-refractivity contribution < 1.29 is 0 Å². The van der Waals surface area contributed by atoms with Crippen LogP contribution in [0.3, 0.4) is 0 Å². The lowest BCUT2D eigenvalue weighted by molar-refractivity contribution is 0.526. The van der Waals surface area contributed by atoms with Crippen LogP contribution in [-0.2, 0) is 13.1 Å². The summed E-state index contributed by atoms with van der Waals surface area (Å²) in [5.74, 6) is 0.970. The summed E-state index contributed by atoms with van der Waals surface area (Å²) < 4.78 is 2.19. The van der Waals surface area contributed by atoms with Gasteiger partial charge in [-0.05, 0) is 25.5 Å². The predicted octanol–water partition coefficient (Wildman–Crippen LogP) is 3.02.